The molecule has 0 saturated carbocycles. The van der Waals surface area contributed by atoms with E-state index in [2.05, 4.69) is 5.32 Å². The predicted molar refractivity (Wildman–Crippen MR) is 71.0 cm³/mol. The van der Waals surface area contributed by atoms with Crippen molar-refractivity contribution in [3.05, 3.63) is 29.0 Å². The summed E-state index contributed by atoms with van der Waals surface area (Å²) in [5.74, 6) is -0.592. The second-order valence-electron chi connectivity index (χ2n) is 4.61. The lowest BCUT2D eigenvalue weighted by atomic mass is 10.2. The van der Waals surface area contributed by atoms with Crippen molar-refractivity contribution >= 4 is 23.2 Å². The number of carbonyl (C=O) groups is 1. The van der Waals surface area contributed by atoms with Crippen molar-refractivity contribution in [2.75, 3.05) is 31.6 Å². The number of hydrogen-bond acceptors (Lipinski definition) is 2. The Morgan fingerprint density at radius 1 is 1.47 bits per heavy atom. The highest BCUT2D eigenvalue weighted by Crippen LogP contribution is 2.19. The predicted octanol–water partition coefficient (Wildman–Crippen LogP) is 0.721. The first-order chi connectivity index (χ1) is 9.08. The van der Waals surface area contributed by atoms with Crippen LogP contribution in [0.4, 0.5) is 10.1 Å². The molecule has 0 aliphatic carbocycles. The Bertz CT molecular complexity index is 464. The number of hydrogen-bond donors (Lipinski definition) is 2. The van der Waals surface area contributed by atoms with E-state index in [4.69, 9.17) is 16.3 Å². The highest BCUT2D eigenvalue weighted by atomic mass is 35.5. The van der Waals surface area contributed by atoms with Gasteiger partial charge in [0.1, 0.15) is 18.9 Å². The van der Waals surface area contributed by atoms with Gasteiger partial charge >= 0.3 is 0 Å². The van der Waals surface area contributed by atoms with Gasteiger partial charge in [0.2, 0.25) is 0 Å². The number of rotatable bonds is 3. The van der Waals surface area contributed by atoms with E-state index in [0.29, 0.717) is 18.9 Å². The van der Waals surface area contributed by atoms with Crippen LogP contribution in [0.1, 0.15) is 6.92 Å². The van der Waals surface area contributed by atoms with Gasteiger partial charge in [-0.15, -0.1) is 0 Å². The van der Waals surface area contributed by atoms with Crippen LogP contribution in [0.5, 0.6) is 0 Å². The van der Waals surface area contributed by atoms with E-state index in [1.807, 2.05) is 6.92 Å². The highest BCUT2D eigenvalue weighted by Gasteiger charge is 2.26. The normalized spacial score (nSPS) is 18.1. The molecule has 1 fully saturated rings. The highest BCUT2D eigenvalue weighted by molar-refractivity contribution is 6.31. The topological polar surface area (TPSA) is 42.8 Å². The average molecular weight is 288 g/mol. The number of anilines is 1. The number of nitrogens with one attached hydrogen (secondary N) is 2. The molecule has 1 amide bonds. The molecular formula is C13H17ClFN2O2+. The number of quaternary nitrogens is 1. The second kappa shape index (κ2) is 6.32. The molecule has 1 aromatic carbocycles. The van der Waals surface area contributed by atoms with Crippen molar-refractivity contribution in [1.29, 1.82) is 0 Å². The standard InChI is InChI=1S/C13H16ClFN2O2/c1-9(17-4-6-19-7-5-17)13(18)16-10-2-3-12(15)11(14)8-10/h2-3,8-9H,4-7H2,1H3,(H,16,18)/p+1/t9-/m0/s1. The number of amides is 1. The molecule has 4 nitrogen and oxygen atoms in total. The summed E-state index contributed by atoms with van der Waals surface area (Å²) in [7, 11) is 0. The van der Waals surface area contributed by atoms with E-state index < -0.39 is 5.82 Å². The van der Waals surface area contributed by atoms with Crippen LogP contribution in [-0.2, 0) is 9.53 Å². The van der Waals surface area contributed by atoms with Crippen molar-refractivity contribution in [2.45, 2.75) is 13.0 Å². The van der Waals surface area contributed by atoms with Gasteiger partial charge in [0, 0.05) is 5.69 Å². The Kier molecular flexibility index (Phi) is 4.74. The fourth-order valence-electron chi connectivity index (χ4n) is 2.08. The molecule has 0 bridgehead atoms. The Balaban J connectivity index is 1.97. The lowest BCUT2D eigenvalue weighted by molar-refractivity contribution is -0.921. The van der Waals surface area contributed by atoms with Crippen molar-refractivity contribution in [2.24, 2.45) is 0 Å². The molecule has 2 rings (SSSR count). The van der Waals surface area contributed by atoms with Crippen LogP contribution in [0, 0.1) is 5.82 Å². The minimum Gasteiger partial charge on any atom is -0.370 e. The SMILES string of the molecule is C[C@@H](C(=O)Nc1ccc(F)c(Cl)c1)[NH+]1CCOCC1. The number of benzene rings is 1. The van der Waals surface area contributed by atoms with E-state index in [0.717, 1.165) is 13.1 Å². The van der Waals surface area contributed by atoms with Crippen LogP contribution >= 0.6 is 11.6 Å². The van der Waals surface area contributed by atoms with Crippen LogP contribution in [0.2, 0.25) is 5.02 Å². The summed E-state index contributed by atoms with van der Waals surface area (Å²) in [6.07, 6.45) is 0. The van der Waals surface area contributed by atoms with E-state index in [1.165, 1.54) is 23.1 Å². The molecule has 2 N–H and O–H groups in total. The zero-order valence-corrected chi connectivity index (χ0v) is 11.5. The largest absolute Gasteiger partial charge is 0.370 e. The number of ether oxygens (including phenoxy) is 1. The smallest absolute Gasteiger partial charge is 0.282 e. The molecule has 1 aliphatic heterocycles. The maximum Gasteiger partial charge on any atom is 0.282 e. The maximum atomic E-state index is 13.0. The number of carbonyl (C=O) groups excluding carboxylic acids is 1. The van der Waals surface area contributed by atoms with Crippen molar-refractivity contribution < 1.29 is 18.8 Å². The summed E-state index contributed by atoms with van der Waals surface area (Å²) in [5.41, 5.74) is 0.510. The first-order valence-corrected chi connectivity index (χ1v) is 6.64. The molecule has 0 aromatic heterocycles. The van der Waals surface area contributed by atoms with Gasteiger partial charge in [-0.2, -0.15) is 0 Å². The Labute approximate surface area is 116 Å². The molecule has 1 heterocycles. The molecule has 0 radical (unpaired) electrons. The van der Waals surface area contributed by atoms with Crippen LogP contribution in [-0.4, -0.2) is 38.3 Å². The molecule has 104 valence electrons. The zero-order valence-electron chi connectivity index (χ0n) is 10.7. The molecule has 1 aromatic rings. The summed E-state index contributed by atoms with van der Waals surface area (Å²) in [6.45, 7) is 4.86. The average Bonchev–Trinajstić information content (AvgIpc) is 2.43. The Hall–Kier alpha value is -1.17. The van der Waals surface area contributed by atoms with E-state index in [1.54, 1.807) is 0 Å². The van der Waals surface area contributed by atoms with Gasteiger partial charge in [-0.05, 0) is 25.1 Å². The lowest BCUT2D eigenvalue weighted by Gasteiger charge is -2.28. The first kappa shape index (κ1) is 14.2. The van der Waals surface area contributed by atoms with Gasteiger partial charge in [-0.25, -0.2) is 4.39 Å². The third-order valence-corrected chi connectivity index (χ3v) is 3.62. The minimum atomic E-state index is -0.494. The quantitative estimate of drug-likeness (QED) is 0.860. The third kappa shape index (κ3) is 3.65. The van der Waals surface area contributed by atoms with Crippen molar-refractivity contribution in [3.63, 3.8) is 0 Å². The summed E-state index contributed by atoms with van der Waals surface area (Å²) in [4.78, 5) is 13.3. The molecule has 0 unspecified atom stereocenters. The van der Waals surface area contributed by atoms with Crippen LogP contribution in [0.15, 0.2) is 18.2 Å². The Morgan fingerprint density at radius 3 is 2.79 bits per heavy atom. The molecule has 0 spiro atoms. The monoisotopic (exact) mass is 287 g/mol. The molecular weight excluding hydrogens is 271 g/mol. The molecule has 1 atom stereocenters. The van der Waals surface area contributed by atoms with E-state index >= 15 is 0 Å². The number of morpholine rings is 1. The van der Waals surface area contributed by atoms with Crippen molar-refractivity contribution in [3.8, 4) is 0 Å². The van der Waals surface area contributed by atoms with Crippen LogP contribution < -0.4 is 10.2 Å². The first-order valence-electron chi connectivity index (χ1n) is 6.26. The fraction of sp³-hybridized carbons (Fsp3) is 0.462. The van der Waals surface area contributed by atoms with Gasteiger partial charge in [-0.1, -0.05) is 11.6 Å². The Morgan fingerprint density at radius 2 is 2.16 bits per heavy atom. The molecule has 19 heavy (non-hydrogen) atoms. The van der Waals surface area contributed by atoms with Gasteiger partial charge in [0.25, 0.3) is 5.91 Å². The molecule has 6 heteroatoms. The van der Waals surface area contributed by atoms with Gasteiger partial charge < -0.3 is 15.0 Å². The van der Waals surface area contributed by atoms with Crippen LogP contribution in [0.3, 0.4) is 0 Å². The number of halogens is 2. The molecule has 1 saturated heterocycles. The fourth-order valence-corrected chi connectivity index (χ4v) is 2.26. The zero-order chi connectivity index (χ0) is 13.8. The third-order valence-electron chi connectivity index (χ3n) is 3.33. The summed E-state index contributed by atoms with van der Waals surface area (Å²) < 4.78 is 18.3. The summed E-state index contributed by atoms with van der Waals surface area (Å²) in [5, 5.41) is 2.76. The van der Waals surface area contributed by atoms with Gasteiger partial charge in [-0.3, -0.25) is 4.79 Å². The van der Waals surface area contributed by atoms with E-state index in [9.17, 15) is 9.18 Å². The summed E-state index contributed by atoms with van der Waals surface area (Å²) >= 11 is 5.68. The maximum absolute atomic E-state index is 13.0. The van der Waals surface area contributed by atoms with Crippen molar-refractivity contribution in [1.82, 2.24) is 0 Å². The van der Waals surface area contributed by atoms with Gasteiger partial charge in [0.05, 0.1) is 18.2 Å². The van der Waals surface area contributed by atoms with Gasteiger partial charge in [0.15, 0.2) is 6.04 Å². The second-order valence-corrected chi connectivity index (χ2v) is 5.02. The lowest BCUT2D eigenvalue weighted by Crippen LogP contribution is -3.18. The van der Waals surface area contributed by atoms with Crippen LogP contribution in [0.25, 0.3) is 0 Å². The molecule has 1 aliphatic rings. The summed E-state index contributed by atoms with van der Waals surface area (Å²) in [6, 6.07) is 3.98. The minimum absolute atomic E-state index is 0.00386. The van der Waals surface area contributed by atoms with E-state index in [-0.39, 0.29) is 17.0 Å².